The number of methoxy groups -OCH3 is 1. The Labute approximate surface area is 212 Å². The monoisotopic (exact) mass is 501 g/mol. The van der Waals surface area contributed by atoms with Crippen LogP contribution in [0.2, 0.25) is 5.82 Å². The van der Waals surface area contributed by atoms with E-state index in [-0.39, 0.29) is 24.0 Å². The van der Waals surface area contributed by atoms with Crippen molar-refractivity contribution < 1.29 is 28.5 Å². The molecule has 2 aliphatic rings. The van der Waals surface area contributed by atoms with Crippen LogP contribution < -0.4 is 10.1 Å². The molecule has 0 fully saturated rings. The fourth-order valence-electron chi connectivity index (χ4n) is 3.65. The summed E-state index contributed by atoms with van der Waals surface area (Å²) >= 11 is 1.53. The van der Waals surface area contributed by atoms with Gasteiger partial charge in [0.15, 0.2) is 5.78 Å². The van der Waals surface area contributed by atoms with E-state index in [1.165, 1.54) is 26.4 Å². The molecule has 3 atom stereocenters. The summed E-state index contributed by atoms with van der Waals surface area (Å²) in [5, 5.41) is 10.0. The third-order valence-corrected chi connectivity index (χ3v) is 6.53. The first-order valence-corrected chi connectivity index (χ1v) is 12.8. The quantitative estimate of drug-likeness (QED) is 0.202. The van der Waals surface area contributed by atoms with Crippen molar-refractivity contribution in [3.8, 4) is 5.75 Å². The number of carbonyl (C=O) groups excluding carboxylic acids is 3. The Kier molecular flexibility index (Phi) is 12.4. The molecule has 0 aliphatic carbocycles. The van der Waals surface area contributed by atoms with Crippen LogP contribution >= 0.6 is 11.8 Å². The molecule has 0 aromatic heterocycles. The molecule has 1 amide bonds. The van der Waals surface area contributed by atoms with Crippen LogP contribution in [0, 0.1) is 17.2 Å². The maximum absolute atomic E-state index is 13.2. The number of nitrogens with one attached hydrogen (secondary N) is 2. The highest BCUT2D eigenvalue weighted by atomic mass is 32.2. The van der Waals surface area contributed by atoms with Gasteiger partial charge in [-0.05, 0) is 36.5 Å². The molecule has 3 rings (SSSR count). The molecular formula is C25H34BN2O6S. The third kappa shape index (κ3) is 10.2. The van der Waals surface area contributed by atoms with Crippen molar-refractivity contribution in [2.24, 2.45) is 11.8 Å². The minimum atomic E-state index is -0.742. The Morgan fingerprint density at radius 3 is 2.66 bits per heavy atom. The summed E-state index contributed by atoms with van der Waals surface area (Å²) in [4.78, 5) is 38.8. The highest BCUT2D eigenvalue weighted by Crippen LogP contribution is 2.21. The summed E-state index contributed by atoms with van der Waals surface area (Å²) in [5.41, 5.74) is 0.879. The van der Waals surface area contributed by atoms with Gasteiger partial charge in [-0.3, -0.25) is 19.8 Å². The maximum atomic E-state index is 13.2. The predicted molar refractivity (Wildman–Crippen MR) is 138 cm³/mol. The zero-order valence-corrected chi connectivity index (χ0v) is 21.3. The lowest BCUT2D eigenvalue weighted by atomic mass is 9.75. The maximum Gasteiger partial charge on any atom is 0.384 e. The van der Waals surface area contributed by atoms with Gasteiger partial charge < -0.3 is 19.4 Å². The molecule has 0 spiro atoms. The molecule has 0 unspecified atom stereocenters. The number of rotatable bonds is 6. The SMILES string of the molecule is COC(=O)[C@@H]1CSC/C=C\COc2ccc(cc2)C[C@H]([B]OC=N)C(=O)N[C@@H](CC(C)C)C(=O)C1. The average molecular weight is 501 g/mol. The summed E-state index contributed by atoms with van der Waals surface area (Å²) < 4.78 is 15.7. The van der Waals surface area contributed by atoms with Gasteiger partial charge >= 0.3 is 13.5 Å². The number of hydrogen-bond acceptors (Lipinski definition) is 8. The van der Waals surface area contributed by atoms with E-state index in [2.05, 4.69) is 5.32 Å². The molecule has 1 aromatic carbocycles. The number of Topliss-reactive ketones (excluding diaryl/α,β-unsaturated/α-hetero) is 1. The summed E-state index contributed by atoms with van der Waals surface area (Å²) in [7, 11) is 2.61. The third-order valence-electron chi connectivity index (χ3n) is 5.47. The summed E-state index contributed by atoms with van der Waals surface area (Å²) in [6, 6.07) is 6.68. The van der Waals surface area contributed by atoms with E-state index in [0.717, 1.165) is 12.0 Å². The van der Waals surface area contributed by atoms with Crippen molar-refractivity contribution >= 4 is 43.3 Å². The second kappa shape index (κ2) is 15.3. The van der Waals surface area contributed by atoms with Crippen molar-refractivity contribution in [2.75, 3.05) is 25.2 Å². The molecule has 189 valence electrons. The van der Waals surface area contributed by atoms with E-state index in [0.29, 0.717) is 36.7 Å². The Morgan fingerprint density at radius 1 is 1.26 bits per heavy atom. The summed E-state index contributed by atoms with van der Waals surface area (Å²) in [5.74, 6) is -0.397. The van der Waals surface area contributed by atoms with Gasteiger partial charge in [0.25, 0.3) is 0 Å². The molecule has 2 aliphatic heterocycles. The molecule has 0 saturated carbocycles. The number of hydrogen-bond donors (Lipinski definition) is 2. The number of thioether (sulfide) groups is 1. The molecule has 2 heterocycles. The number of ether oxygens (including phenoxy) is 2. The molecule has 1 aromatic rings. The highest BCUT2D eigenvalue weighted by Gasteiger charge is 2.31. The Hall–Kier alpha value is -2.75. The van der Waals surface area contributed by atoms with Crippen molar-refractivity contribution in [1.82, 2.24) is 5.32 Å². The van der Waals surface area contributed by atoms with E-state index in [4.69, 9.17) is 19.5 Å². The largest absolute Gasteiger partial charge is 0.555 e. The van der Waals surface area contributed by atoms with Crippen LogP contribution in [0.15, 0.2) is 36.4 Å². The lowest BCUT2D eigenvalue weighted by molar-refractivity contribution is -0.146. The van der Waals surface area contributed by atoms with Gasteiger partial charge in [0, 0.05) is 17.9 Å². The van der Waals surface area contributed by atoms with E-state index < -0.39 is 23.7 Å². The fourth-order valence-corrected chi connectivity index (χ4v) is 4.60. The van der Waals surface area contributed by atoms with Crippen LogP contribution in [0.3, 0.4) is 0 Å². The lowest BCUT2D eigenvalue weighted by Gasteiger charge is -2.24. The van der Waals surface area contributed by atoms with Crippen molar-refractivity contribution in [2.45, 2.75) is 45.0 Å². The van der Waals surface area contributed by atoms with Gasteiger partial charge in [0.1, 0.15) is 18.8 Å². The zero-order chi connectivity index (χ0) is 25.6. The second-order valence-corrected chi connectivity index (χ2v) is 9.82. The number of benzene rings is 1. The second-order valence-electron chi connectivity index (χ2n) is 8.75. The van der Waals surface area contributed by atoms with E-state index >= 15 is 0 Å². The van der Waals surface area contributed by atoms with Crippen LogP contribution in [0.5, 0.6) is 5.75 Å². The topological polar surface area (TPSA) is 115 Å². The summed E-state index contributed by atoms with van der Waals surface area (Å²) in [6.07, 6.45) is 5.38. The normalized spacial score (nSPS) is 23.1. The molecule has 2 bridgehead atoms. The Bertz CT molecular complexity index is 877. The first kappa shape index (κ1) is 28.5. The number of ketones is 1. The van der Waals surface area contributed by atoms with Crippen LogP contribution in [-0.4, -0.2) is 62.8 Å². The first-order chi connectivity index (χ1) is 16.8. The molecule has 1 radical (unpaired) electrons. The first-order valence-electron chi connectivity index (χ1n) is 11.7. The minimum absolute atomic E-state index is 0.0171. The number of esters is 1. The minimum Gasteiger partial charge on any atom is -0.555 e. The fraction of sp³-hybridized carbons (Fsp3) is 0.520. The van der Waals surface area contributed by atoms with Crippen LogP contribution in [-0.2, 0) is 30.2 Å². The predicted octanol–water partition coefficient (Wildman–Crippen LogP) is 3.22. The average Bonchev–Trinajstić information content (AvgIpc) is 2.84. The molecule has 0 saturated heterocycles. The summed E-state index contributed by atoms with van der Waals surface area (Å²) in [6.45, 7) is 4.35. The standard InChI is InChI=1S/C25H34BN2O6S/c1-17(2)12-22-23(29)14-19(25(31)32-3)15-35-11-5-4-10-33-20-8-6-18(7-9-20)13-21(24(30)28-22)26-34-16-27/h4-9,16-17,19,21-22,27H,10-15H2,1-3H3,(H,28,30)/b5-4-,27-16?/t19-,21-,22-/m0/s1. The van der Waals surface area contributed by atoms with E-state index in [9.17, 15) is 14.4 Å². The number of amides is 1. The van der Waals surface area contributed by atoms with Gasteiger partial charge in [-0.15, -0.1) is 0 Å². The Balaban J connectivity index is 2.31. The lowest BCUT2D eigenvalue weighted by Crippen LogP contribution is -2.45. The molecule has 10 heteroatoms. The molecule has 8 nitrogen and oxygen atoms in total. The zero-order valence-electron chi connectivity index (χ0n) is 20.5. The highest BCUT2D eigenvalue weighted by molar-refractivity contribution is 7.99. The van der Waals surface area contributed by atoms with Crippen LogP contribution in [0.25, 0.3) is 0 Å². The molecule has 2 N–H and O–H groups in total. The Morgan fingerprint density at radius 2 is 2.00 bits per heavy atom. The van der Waals surface area contributed by atoms with Gasteiger partial charge in [-0.25, -0.2) is 0 Å². The van der Waals surface area contributed by atoms with Crippen LogP contribution in [0.4, 0.5) is 0 Å². The number of fused-ring (bicyclic) bond motifs is 15. The molecular weight excluding hydrogens is 467 g/mol. The van der Waals surface area contributed by atoms with E-state index in [1.54, 1.807) is 0 Å². The van der Waals surface area contributed by atoms with Gasteiger partial charge in [0.05, 0.1) is 24.9 Å². The van der Waals surface area contributed by atoms with Crippen molar-refractivity contribution in [1.29, 1.82) is 5.41 Å². The van der Waals surface area contributed by atoms with Gasteiger partial charge in [-0.1, -0.05) is 38.1 Å². The van der Waals surface area contributed by atoms with Crippen molar-refractivity contribution in [3.63, 3.8) is 0 Å². The smallest absolute Gasteiger partial charge is 0.384 e. The van der Waals surface area contributed by atoms with Crippen LogP contribution in [0.1, 0.15) is 32.3 Å². The van der Waals surface area contributed by atoms with Gasteiger partial charge in [0.2, 0.25) is 5.91 Å². The van der Waals surface area contributed by atoms with E-state index in [1.807, 2.05) is 50.3 Å². The van der Waals surface area contributed by atoms with Gasteiger partial charge in [-0.2, -0.15) is 11.8 Å². The van der Waals surface area contributed by atoms with Crippen molar-refractivity contribution in [3.05, 3.63) is 42.0 Å². The molecule has 35 heavy (non-hydrogen) atoms. The number of carbonyl (C=O) groups is 3.